The van der Waals surface area contributed by atoms with Crippen molar-refractivity contribution in [3.63, 3.8) is 0 Å². The molecule has 0 fully saturated rings. The SMILES string of the molecule is CNCc1ccc(F)c(S(N)(=O)=O)c1. The lowest BCUT2D eigenvalue weighted by atomic mass is 10.2. The summed E-state index contributed by atoms with van der Waals surface area (Å²) in [7, 11) is -2.27. The Hall–Kier alpha value is -0.980. The van der Waals surface area contributed by atoms with Crippen LogP contribution in [0.15, 0.2) is 23.1 Å². The lowest BCUT2D eigenvalue weighted by molar-refractivity contribution is 0.566. The normalized spacial score (nSPS) is 11.6. The standard InChI is InChI=1S/C8H11FN2O2S/c1-11-5-6-2-3-7(9)8(4-6)14(10,12)13/h2-4,11H,5H2,1H3,(H2,10,12,13). The van der Waals surface area contributed by atoms with Crippen LogP contribution in [-0.4, -0.2) is 15.5 Å². The maximum atomic E-state index is 13.0. The minimum absolute atomic E-state index is 0.461. The quantitative estimate of drug-likeness (QED) is 0.760. The van der Waals surface area contributed by atoms with Crippen molar-refractivity contribution in [2.75, 3.05) is 7.05 Å². The van der Waals surface area contributed by atoms with E-state index in [1.807, 2.05) is 0 Å². The van der Waals surface area contributed by atoms with Crippen LogP contribution in [0.1, 0.15) is 5.56 Å². The van der Waals surface area contributed by atoms with Crippen LogP contribution in [0.25, 0.3) is 0 Å². The molecule has 0 aromatic heterocycles. The zero-order valence-corrected chi connectivity index (χ0v) is 8.44. The molecule has 0 unspecified atom stereocenters. The molecule has 0 bridgehead atoms. The Labute approximate surface area is 82.0 Å². The molecule has 0 amide bonds. The van der Waals surface area contributed by atoms with Crippen molar-refractivity contribution < 1.29 is 12.8 Å². The van der Waals surface area contributed by atoms with Gasteiger partial charge in [0.1, 0.15) is 10.7 Å². The molecule has 3 N–H and O–H groups in total. The average molecular weight is 218 g/mol. The van der Waals surface area contributed by atoms with E-state index in [1.165, 1.54) is 12.1 Å². The Morgan fingerprint density at radius 2 is 2.14 bits per heavy atom. The number of halogens is 1. The second-order valence-electron chi connectivity index (χ2n) is 2.84. The van der Waals surface area contributed by atoms with Crippen LogP contribution in [0.4, 0.5) is 4.39 Å². The summed E-state index contributed by atoms with van der Waals surface area (Å²) in [6, 6.07) is 3.81. The predicted octanol–water partition coefficient (Wildman–Crippen LogP) is 0.193. The van der Waals surface area contributed by atoms with Gasteiger partial charge < -0.3 is 5.32 Å². The number of nitrogens with one attached hydrogen (secondary N) is 1. The van der Waals surface area contributed by atoms with Gasteiger partial charge in [-0.3, -0.25) is 0 Å². The van der Waals surface area contributed by atoms with Gasteiger partial charge in [-0.2, -0.15) is 0 Å². The van der Waals surface area contributed by atoms with Crippen LogP contribution in [0.3, 0.4) is 0 Å². The lowest BCUT2D eigenvalue weighted by Crippen LogP contribution is -2.15. The Morgan fingerprint density at radius 3 is 2.64 bits per heavy atom. The summed E-state index contributed by atoms with van der Waals surface area (Å²) < 4.78 is 34.9. The fourth-order valence-electron chi connectivity index (χ4n) is 1.08. The zero-order chi connectivity index (χ0) is 10.8. The Kier molecular flexibility index (Phi) is 3.20. The highest BCUT2D eigenvalue weighted by Crippen LogP contribution is 2.14. The first kappa shape index (κ1) is 11.1. The Bertz CT molecular complexity index is 431. The lowest BCUT2D eigenvalue weighted by Gasteiger charge is -2.04. The van der Waals surface area contributed by atoms with Gasteiger partial charge in [-0.15, -0.1) is 0 Å². The molecule has 1 aromatic rings. The second-order valence-corrected chi connectivity index (χ2v) is 4.37. The Balaban J connectivity index is 3.22. The summed E-state index contributed by atoms with van der Waals surface area (Å²) in [5.74, 6) is -0.827. The highest BCUT2D eigenvalue weighted by molar-refractivity contribution is 7.89. The molecule has 0 spiro atoms. The highest BCUT2D eigenvalue weighted by Gasteiger charge is 2.14. The fourth-order valence-corrected chi connectivity index (χ4v) is 1.74. The van der Waals surface area contributed by atoms with Crippen molar-refractivity contribution in [2.45, 2.75) is 11.4 Å². The minimum atomic E-state index is -3.98. The molecule has 0 saturated carbocycles. The van der Waals surface area contributed by atoms with Crippen molar-refractivity contribution in [1.29, 1.82) is 0 Å². The van der Waals surface area contributed by atoms with Gasteiger partial charge in [-0.1, -0.05) is 6.07 Å². The van der Waals surface area contributed by atoms with Gasteiger partial charge in [0.2, 0.25) is 10.0 Å². The molecule has 78 valence electrons. The van der Waals surface area contributed by atoms with E-state index >= 15 is 0 Å². The van der Waals surface area contributed by atoms with E-state index in [1.54, 1.807) is 7.05 Å². The molecule has 0 radical (unpaired) electrons. The summed E-state index contributed by atoms with van der Waals surface area (Å²) >= 11 is 0. The summed E-state index contributed by atoms with van der Waals surface area (Å²) in [5.41, 5.74) is 0.665. The van der Waals surface area contributed by atoms with Gasteiger partial charge in [0.05, 0.1) is 0 Å². The Morgan fingerprint density at radius 1 is 1.50 bits per heavy atom. The van der Waals surface area contributed by atoms with E-state index in [0.717, 1.165) is 6.07 Å². The van der Waals surface area contributed by atoms with Gasteiger partial charge in [0.25, 0.3) is 0 Å². The van der Waals surface area contributed by atoms with E-state index < -0.39 is 20.7 Å². The van der Waals surface area contributed by atoms with Gasteiger partial charge in [-0.05, 0) is 24.7 Å². The molecule has 1 rings (SSSR count). The first-order valence-corrected chi connectivity index (χ1v) is 5.45. The number of hydrogen-bond donors (Lipinski definition) is 2. The van der Waals surface area contributed by atoms with E-state index in [-0.39, 0.29) is 0 Å². The molecule has 14 heavy (non-hydrogen) atoms. The molecule has 0 aliphatic heterocycles. The average Bonchev–Trinajstić information content (AvgIpc) is 2.07. The van der Waals surface area contributed by atoms with Crippen LogP contribution in [0.2, 0.25) is 0 Å². The van der Waals surface area contributed by atoms with Crippen molar-refractivity contribution in [1.82, 2.24) is 5.32 Å². The van der Waals surface area contributed by atoms with Gasteiger partial charge in [-0.25, -0.2) is 17.9 Å². The summed E-state index contributed by atoms with van der Waals surface area (Å²) in [6.45, 7) is 0.461. The molecule has 0 aliphatic rings. The molecule has 4 nitrogen and oxygen atoms in total. The molecule has 0 heterocycles. The van der Waals surface area contributed by atoms with E-state index in [0.29, 0.717) is 12.1 Å². The topological polar surface area (TPSA) is 72.2 Å². The molecule has 0 saturated heterocycles. The van der Waals surface area contributed by atoms with Crippen LogP contribution < -0.4 is 10.5 Å². The molecule has 0 atom stereocenters. The predicted molar refractivity (Wildman–Crippen MR) is 50.5 cm³/mol. The van der Waals surface area contributed by atoms with Crippen molar-refractivity contribution in [2.24, 2.45) is 5.14 Å². The zero-order valence-electron chi connectivity index (χ0n) is 7.62. The third-order valence-electron chi connectivity index (χ3n) is 1.68. The largest absolute Gasteiger partial charge is 0.316 e. The van der Waals surface area contributed by atoms with Crippen LogP contribution in [-0.2, 0) is 16.6 Å². The smallest absolute Gasteiger partial charge is 0.240 e. The second kappa shape index (κ2) is 4.04. The number of sulfonamides is 1. The summed E-state index contributed by atoms with van der Waals surface area (Å²) in [6.07, 6.45) is 0. The maximum absolute atomic E-state index is 13.0. The highest BCUT2D eigenvalue weighted by atomic mass is 32.2. The van der Waals surface area contributed by atoms with Gasteiger partial charge in [0.15, 0.2) is 0 Å². The van der Waals surface area contributed by atoms with Crippen LogP contribution in [0.5, 0.6) is 0 Å². The van der Waals surface area contributed by atoms with Crippen molar-refractivity contribution in [3.8, 4) is 0 Å². The minimum Gasteiger partial charge on any atom is -0.316 e. The molecule has 1 aromatic carbocycles. The maximum Gasteiger partial charge on any atom is 0.240 e. The first-order chi connectivity index (χ1) is 6.45. The summed E-state index contributed by atoms with van der Waals surface area (Å²) in [4.78, 5) is -0.467. The van der Waals surface area contributed by atoms with Crippen LogP contribution >= 0.6 is 0 Å². The first-order valence-electron chi connectivity index (χ1n) is 3.91. The van der Waals surface area contributed by atoms with Crippen molar-refractivity contribution in [3.05, 3.63) is 29.6 Å². The van der Waals surface area contributed by atoms with E-state index in [2.05, 4.69) is 5.32 Å². The monoisotopic (exact) mass is 218 g/mol. The van der Waals surface area contributed by atoms with Gasteiger partial charge >= 0.3 is 0 Å². The molecule has 6 heteroatoms. The third-order valence-corrected chi connectivity index (χ3v) is 2.61. The number of hydrogen-bond acceptors (Lipinski definition) is 3. The molecular weight excluding hydrogens is 207 g/mol. The summed E-state index contributed by atoms with van der Waals surface area (Å²) in [5, 5.41) is 7.66. The number of benzene rings is 1. The van der Waals surface area contributed by atoms with E-state index in [9.17, 15) is 12.8 Å². The third kappa shape index (κ3) is 2.50. The number of primary sulfonamides is 1. The molecule has 0 aliphatic carbocycles. The number of nitrogens with two attached hydrogens (primary N) is 1. The van der Waals surface area contributed by atoms with E-state index in [4.69, 9.17) is 5.14 Å². The molecular formula is C8H11FN2O2S. The fraction of sp³-hybridized carbons (Fsp3) is 0.250. The van der Waals surface area contributed by atoms with Gasteiger partial charge in [0, 0.05) is 6.54 Å². The van der Waals surface area contributed by atoms with Crippen molar-refractivity contribution >= 4 is 10.0 Å². The number of rotatable bonds is 3. The van der Waals surface area contributed by atoms with Crippen LogP contribution in [0, 0.1) is 5.82 Å².